The average Bonchev–Trinajstić information content (AvgIpc) is 3.90. The van der Waals surface area contributed by atoms with Gasteiger partial charge in [-0.1, -0.05) is 184 Å². The van der Waals surface area contributed by atoms with E-state index >= 15 is 0 Å². The van der Waals surface area contributed by atoms with Crippen molar-refractivity contribution in [2.75, 3.05) is 4.90 Å². The molecule has 73 heavy (non-hydrogen) atoms. The van der Waals surface area contributed by atoms with Crippen LogP contribution in [0.3, 0.4) is 0 Å². The van der Waals surface area contributed by atoms with E-state index in [1.807, 2.05) is 6.07 Å². The summed E-state index contributed by atoms with van der Waals surface area (Å²) in [4.78, 5) is 2.39. The maximum Gasteiger partial charge on any atom is 0.0991 e. The van der Waals surface area contributed by atoms with Crippen molar-refractivity contribution >= 4 is 71.2 Å². The smallest absolute Gasteiger partial charge is 0.0991 e. The van der Waals surface area contributed by atoms with E-state index in [4.69, 9.17) is 0 Å². The van der Waals surface area contributed by atoms with E-state index in [2.05, 4.69) is 272 Å². The number of benzene rings is 12. The number of nitriles is 1. The van der Waals surface area contributed by atoms with Gasteiger partial charge in [-0.15, -0.1) is 0 Å². The minimum atomic E-state index is -0.296. The van der Waals surface area contributed by atoms with Crippen molar-refractivity contribution in [1.29, 1.82) is 5.26 Å². The maximum absolute atomic E-state index is 9.88. The van der Waals surface area contributed by atoms with Gasteiger partial charge in [0.15, 0.2) is 0 Å². The SMILES string of the molecule is CC1(C)c2cc(C#N)ccc2-c2ccc(N(c3ccc(-c4ccc5c(c4)c4ccccc4n5-c4ccccc4)cc3)c3ccc(-c4c5ccccc5c(-c5cccc6ccccc56)c5ccccc45)cc3)cc21. The van der Waals surface area contributed by atoms with E-state index in [-0.39, 0.29) is 5.41 Å². The first kappa shape index (κ1) is 42.4. The third kappa shape index (κ3) is 6.65. The van der Waals surface area contributed by atoms with Crippen molar-refractivity contribution in [2.24, 2.45) is 0 Å². The number of para-hydroxylation sites is 2. The van der Waals surface area contributed by atoms with E-state index in [0.717, 1.165) is 28.3 Å². The van der Waals surface area contributed by atoms with Gasteiger partial charge in [0, 0.05) is 38.9 Å². The van der Waals surface area contributed by atoms with Crippen LogP contribution in [0.15, 0.2) is 249 Å². The molecule has 0 radical (unpaired) electrons. The second-order valence-electron chi connectivity index (χ2n) is 19.9. The molecule has 1 heterocycles. The van der Waals surface area contributed by atoms with E-state index in [1.54, 1.807) is 0 Å². The van der Waals surface area contributed by atoms with Crippen molar-refractivity contribution in [3.63, 3.8) is 0 Å². The molecule has 1 aliphatic carbocycles. The lowest BCUT2D eigenvalue weighted by atomic mass is 9.82. The first-order valence-electron chi connectivity index (χ1n) is 25.1. The highest BCUT2D eigenvalue weighted by Crippen LogP contribution is 2.52. The highest BCUT2D eigenvalue weighted by Gasteiger charge is 2.36. The molecule has 0 atom stereocenters. The van der Waals surface area contributed by atoms with E-state index in [0.29, 0.717) is 5.56 Å². The molecule has 0 bridgehead atoms. The van der Waals surface area contributed by atoms with Crippen LogP contribution >= 0.6 is 0 Å². The van der Waals surface area contributed by atoms with Gasteiger partial charge in [0.25, 0.3) is 0 Å². The Morgan fingerprint density at radius 3 is 1.58 bits per heavy atom. The highest BCUT2D eigenvalue weighted by molar-refractivity contribution is 6.23. The molecular weight excluding hydrogens is 883 g/mol. The summed E-state index contributed by atoms with van der Waals surface area (Å²) in [6.07, 6.45) is 0. The Balaban J connectivity index is 0.904. The normalized spacial score (nSPS) is 12.6. The van der Waals surface area contributed by atoms with Gasteiger partial charge in [0.2, 0.25) is 0 Å². The second kappa shape index (κ2) is 16.6. The summed E-state index contributed by atoms with van der Waals surface area (Å²) in [7, 11) is 0. The van der Waals surface area contributed by atoms with Crippen LogP contribution in [0.5, 0.6) is 0 Å². The molecule has 1 aliphatic rings. The molecule has 13 aromatic rings. The second-order valence-corrected chi connectivity index (χ2v) is 19.9. The Kier molecular flexibility index (Phi) is 9.62. The monoisotopic (exact) mass is 929 g/mol. The first-order valence-corrected chi connectivity index (χ1v) is 25.1. The van der Waals surface area contributed by atoms with Gasteiger partial charge in [-0.2, -0.15) is 5.26 Å². The molecule has 0 aliphatic heterocycles. The molecular formula is C70H47N3. The van der Waals surface area contributed by atoms with Gasteiger partial charge >= 0.3 is 0 Å². The standard InChI is InChI=1S/C70H47N3/c1-70(2)64-41-45(44-71)27-38-55(64)56-39-37-53(43-65(56)70)72(51-33-28-46(29-34-51)49-32-40-67-63(42-49)57-20-12-13-26-66(57)73(67)50-17-4-3-5-18-50)52-35-30-48(31-36-52)68-59-21-8-10-23-61(59)69(62-24-11-9-22-60(62)68)58-25-14-16-47-15-6-7-19-54(47)58/h3-43H,1-2H3. The summed E-state index contributed by atoms with van der Waals surface area (Å²) in [6.45, 7) is 4.57. The minimum absolute atomic E-state index is 0.296. The third-order valence-electron chi connectivity index (χ3n) is 15.6. The van der Waals surface area contributed by atoms with Crippen LogP contribution in [0.2, 0.25) is 0 Å². The van der Waals surface area contributed by atoms with Gasteiger partial charge < -0.3 is 9.47 Å². The Bertz CT molecular complexity index is 4340. The molecule has 1 aromatic heterocycles. The third-order valence-corrected chi connectivity index (χ3v) is 15.6. The highest BCUT2D eigenvalue weighted by atomic mass is 15.1. The molecule has 0 N–H and O–H groups in total. The lowest BCUT2D eigenvalue weighted by molar-refractivity contribution is 0.660. The van der Waals surface area contributed by atoms with Crippen LogP contribution < -0.4 is 4.90 Å². The fraction of sp³-hybridized carbons (Fsp3) is 0.0429. The van der Waals surface area contributed by atoms with Crippen LogP contribution in [0.4, 0.5) is 17.1 Å². The summed E-state index contributed by atoms with van der Waals surface area (Å²) in [5, 5.41) is 19.8. The largest absolute Gasteiger partial charge is 0.310 e. The molecule has 0 unspecified atom stereocenters. The van der Waals surface area contributed by atoms with E-state index in [9.17, 15) is 5.26 Å². The fourth-order valence-corrected chi connectivity index (χ4v) is 12.1. The van der Waals surface area contributed by atoms with E-state index in [1.165, 1.54) is 104 Å². The number of nitrogens with zero attached hydrogens (tertiary/aromatic N) is 3. The first-order chi connectivity index (χ1) is 35.9. The Morgan fingerprint density at radius 1 is 0.370 bits per heavy atom. The van der Waals surface area contributed by atoms with Gasteiger partial charge in [-0.3, -0.25) is 0 Å². The van der Waals surface area contributed by atoms with Gasteiger partial charge in [-0.25, -0.2) is 0 Å². The van der Waals surface area contributed by atoms with Crippen molar-refractivity contribution in [2.45, 2.75) is 19.3 Å². The number of anilines is 3. The van der Waals surface area contributed by atoms with Gasteiger partial charge in [0.05, 0.1) is 22.7 Å². The molecule has 0 saturated carbocycles. The maximum atomic E-state index is 9.88. The molecule has 0 saturated heterocycles. The zero-order valence-electron chi connectivity index (χ0n) is 40.5. The summed E-state index contributed by atoms with van der Waals surface area (Å²) < 4.78 is 2.37. The number of aromatic nitrogens is 1. The summed E-state index contributed by atoms with van der Waals surface area (Å²) in [5.41, 5.74) is 19.2. The molecule has 14 rings (SSSR count). The van der Waals surface area contributed by atoms with Crippen LogP contribution in [-0.2, 0) is 5.41 Å². The summed E-state index contributed by atoms with van der Waals surface area (Å²) in [5.74, 6) is 0. The molecule has 12 aromatic carbocycles. The van der Waals surface area contributed by atoms with Crippen molar-refractivity contribution < 1.29 is 0 Å². The van der Waals surface area contributed by atoms with Crippen LogP contribution in [0.25, 0.3) is 104 Å². The Labute approximate surface area is 424 Å². The zero-order valence-corrected chi connectivity index (χ0v) is 40.5. The molecule has 3 nitrogen and oxygen atoms in total. The number of fused-ring (bicyclic) bond motifs is 9. The van der Waals surface area contributed by atoms with Crippen LogP contribution in [0, 0.1) is 11.3 Å². The lowest BCUT2D eigenvalue weighted by Crippen LogP contribution is -2.16. The lowest BCUT2D eigenvalue weighted by Gasteiger charge is -2.28. The quantitative estimate of drug-likeness (QED) is 0.149. The van der Waals surface area contributed by atoms with Gasteiger partial charge in [-0.05, 0) is 167 Å². The number of hydrogen-bond acceptors (Lipinski definition) is 2. The van der Waals surface area contributed by atoms with Crippen molar-refractivity contribution in [1.82, 2.24) is 4.57 Å². The van der Waals surface area contributed by atoms with E-state index < -0.39 is 0 Å². The number of hydrogen-bond donors (Lipinski definition) is 0. The fourth-order valence-electron chi connectivity index (χ4n) is 12.1. The molecule has 0 fully saturated rings. The molecule has 342 valence electrons. The molecule has 0 amide bonds. The van der Waals surface area contributed by atoms with Crippen molar-refractivity contribution in [3.8, 4) is 56.3 Å². The van der Waals surface area contributed by atoms with Gasteiger partial charge in [0.1, 0.15) is 0 Å². The van der Waals surface area contributed by atoms with Crippen LogP contribution in [0.1, 0.15) is 30.5 Å². The van der Waals surface area contributed by atoms with Crippen LogP contribution in [-0.4, -0.2) is 4.57 Å². The minimum Gasteiger partial charge on any atom is -0.310 e. The summed E-state index contributed by atoms with van der Waals surface area (Å²) >= 11 is 0. The molecule has 0 spiro atoms. The molecule has 3 heteroatoms. The average molecular weight is 930 g/mol. The topological polar surface area (TPSA) is 32.0 Å². The van der Waals surface area contributed by atoms with Crippen molar-refractivity contribution in [3.05, 3.63) is 265 Å². The summed E-state index contributed by atoms with van der Waals surface area (Å²) in [6, 6.07) is 93.1. The Morgan fingerprint density at radius 2 is 0.890 bits per heavy atom. The number of rotatable bonds is 7. The predicted molar refractivity (Wildman–Crippen MR) is 307 cm³/mol. The predicted octanol–water partition coefficient (Wildman–Crippen LogP) is 18.9. The zero-order chi connectivity index (χ0) is 48.8. The Hall–Kier alpha value is -9.49.